The molecule has 18 heavy (non-hydrogen) atoms. The SMILES string of the molecule is O=C(Cn1cncc1C1CCC1)N1CCNCC1. The van der Waals surface area contributed by atoms with E-state index in [1.165, 1.54) is 25.0 Å². The molecule has 1 N–H and O–H groups in total. The molecule has 1 saturated carbocycles. The Morgan fingerprint density at radius 2 is 2.17 bits per heavy atom. The van der Waals surface area contributed by atoms with E-state index in [0.29, 0.717) is 12.5 Å². The molecule has 1 aromatic heterocycles. The number of aromatic nitrogens is 2. The highest BCUT2D eigenvalue weighted by atomic mass is 16.2. The van der Waals surface area contributed by atoms with Crippen LogP contribution in [0.25, 0.3) is 0 Å². The number of carbonyl (C=O) groups is 1. The fourth-order valence-corrected chi connectivity index (χ4v) is 2.67. The highest BCUT2D eigenvalue weighted by Gasteiger charge is 2.24. The normalized spacial score (nSPS) is 20.8. The molecule has 2 heterocycles. The van der Waals surface area contributed by atoms with Crippen LogP contribution in [0.1, 0.15) is 30.9 Å². The number of imidazole rings is 1. The fraction of sp³-hybridized carbons (Fsp3) is 0.692. The molecule has 0 bridgehead atoms. The Labute approximate surface area is 107 Å². The third kappa shape index (κ3) is 2.27. The number of nitrogens with one attached hydrogen (secondary N) is 1. The van der Waals surface area contributed by atoms with Crippen molar-refractivity contribution >= 4 is 5.91 Å². The van der Waals surface area contributed by atoms with E-state index >= 15 is 0 Å². The van der Waals surface area contributed by atoms with Crippen molar-refractivity contribution in [2.75, 3.05) is 26.2 Å². The third-order valence-corrected chi connectivity index (χ3v) is 4.04. The van der Waals surface area contributed by atoms with Crippen LogP contribution in [-0.4, -0.2) is 46.5 Å². The lowest BCUT2D eigenvalue weighted by Gasteiger charge is -2.29. The Hall–Kier alpha value is -1.36. The smallest absolute Gasteiger partial charge is 0.242 e. The van der Waals surface area contributed by atoms with Gasteiger partial charge in [-0.15, -0.1) is 0 Å². The predicted octanol–water partition coefficient (Wildman–Crippen LogP) is 0.582. The second-order valence-electron chi connectivity index (χ2n) is 5.21. The summed E-state index contributed by atoms with van der Waals surface area (Å²) in [6.07, 6.45) is 7.52. The van der Waals surface area contributed by atoms with Crippen molar-refractivity contribution in [2.24, 2.45) is 0 Å². The molecule has 0 spiro atoms. The molecule has 2 fully saturated rings. The summed E-state index contributed by atoms with van der Waals surface area (Å²) in [6, 6.07) is 0. The minimum absolute atomic E-state index is 0.218. The average Bonchev–Trinajstić information content (AvgIpc) is 2.76. The summed E-state index contributed by atoms with van der Waals surface area (Å²) >= 11 is 0. The summed E-state index contributed by atoms with van der Waals surface area (Å²) in [5.74, 6) is 0.846. The van der Waals surface area contributed by atoms with Crippen LogP contribution in [0.15, 0.2) is 12.5 Å². The van der Waals surface area contributed by atoms with Crippen LogP contribution in [0.4, 0.5) is 0 Å². The van der Waals surface area contributed by atoms with Crippen LogP contribution in [0.3, 0.4) is 0 Å². The first-order valence-corrected chi connectivity index (χ1v) is 6.83. The van der Waals surface area contributed by atoms with Crippen LogP contribution in [-0.2, 0) is 11.3 Å². The largest absolute Gasteiger partial charge is 0.339 e. The fourth-order valence-electron chi connectivity index (χ4n) is 2.67. The van der Waals surface area contributed by atoms with E-state index in [1.54, 1.807) is 6.33 Å². The van der Waals surface area contributed by atoms with Gasteiger partial charge in [0.1, 0.15) is 6.54 Å². The zero-order chi connectivity index (χ0) is 12.4. The van der Waals surface area contributed by atoms with Gasteiger partial charge in [-0.2, -0.15) is 0 Å². The Bertz CT molecular complexity index is 418. The molecule has 5 heteroatoms. The molecule has 98 valence electrons. The van der Waals surface area contributed by atoms with E-state index in [4.69, 9.17) is 0 Å². The van der Waals surface area contributed by atoms with Gasteiger partial charge in [0.15, 0.2) is 0 Å². The number of amides is 1. The van der Waals surface area contributed by atoms with Gasteiger partial charge < -0.3 is 14.8 Å². The Morgan fingerprint density at radius 1 is 1.39 bits per heavy atom. The van der Waals surface area contributed by atoms with Gasteiger partial charge in [0.25, 0.3) is 0 Å². The lowest BCUT2D eigenvalue weighted by Crippen LogP contribution is -2.47. The molecule has 0 aromatic carbocycles. The third-order valence-electron chi connectivity index (χ3n) is 4.04. The molecule has 0 unspecified atom stereocenters. The van der Waals surface area contributed by atoms with Crippen molar-refractivity contribution in [1.29, 1.82) is 0 Å². The number of hydrogen-bond donors (Lipinski definition) is 1. The van der Waals surface area contributed by atoms with Gasteiger partial charge in [-0.25, -0.2) is 4.98 Å². The van der Waals surface area contributed by atoms with E-state index in [0.717, 1.165) is 26.2 Å². The lowest BCUT2D eigenvalue weighted by molar-refractivity contribution is -0.132. The van der Waals surface area contributed by atoms with Crippen LogP contribution < -0.4 is 5.32 Å². The lowest BCUT2D eigenvalue weighted by atomic mass is 9.83. The minimum Gasteiger partial charge on any atom is -0.339 e. The van der Waals surface area contributed by atoms with Gasteiger partial charge >= 0.3 is 0 Å². The summed E-state index contributed by atoms with van der Waals surface area (Å²) in [4.78, 5) is 18.3. The molecular weight excluding hydrogens is 228 g/mol. The van der Waals surface area contributed by atoms with Crippen molar-refractivity contribution in [3.05, 3.63) is 18.2 Å². The predicted molar refractivity (Wildman–Crippen MR) is 68.3 cm³/mol. The molecule has 1 aliphatic carbocycles. The number of hydrogen-bond acceptors (Lipinski definition) is 3. The van der Waals surface area contributed by atoms with E-state index in [-0.39, 0.29) is 5.91 Å². The van der Waals surface area contributed by atoms with Crippen LogP contribution >= 0.6 is 0 Å². The first kappa shape index (κ1) is 11.7. The highest BCUT2D eigenvalue weighted by Crippen LogP contribution is 2.35. The van der Waals surface area contributed by atoms with Crippen molar-refractivity contribution in [1.82, 2.24) is 19.8 Å². The summed E-state index contributed by atoms with van der Waals surface area (Å²) in [5.41, 5.74) is 1.24. The average molecular weight is 248 g/mol. The maximum atomic E-state index is 12.2. The van der Waals surface area contributed by atoms with E-state index in [1.807, 2.05) is 15.7 Å². The molecule has 1 aromatic rings. The second-order valence-corrected chi connectivity index (χ2v) is 5.21. The quantitative estimate of drug-likeness (QED) is 0.851. The van der Waals surface area contributed by atoms with Gasteiger partial charge in [0, 0.05) is 44.0 Å². The molecule has 1 saturated heterocycles. The van der Waals surface area contributed by atoms with Gasteiger partial charge in [0.05, 0.1) is 6.33 Å². The Kier molecular flexibility index (Phi) is 3.32. The monoisotopic (exact) mass is 248 g/mol. The first-order valence-electron chi connectivity index (χ1n) is 6.83. The Morgan fingerprint density at radius 3 is 2.83 bits per heavy atom. The summed E-state index contributed by atoms with van der Waals surface area (Å²) in [6.45, 7) is 3.92. The highest BCUT2D eigenvalue weighted by molar-refractivity contribution is 5.76. The number of rotatable bonds is 3. The van der Waals surface area contributed by atoms with E-state index in [9.17, 15) is 4.79 Å². The van der Waals surface area contributed by atoms with Crippen molar-refractivity contribution in [3.8, 4) is 0 Å². The zero-order valence-corrected chi connectivity index (χ0v) is 10.6. The maximum Gasteiger partial charge on any atom is 0.242 e. The van der Waals surface area contributed by atoms with E-state index in [2.05, 4.69) is 10.3 Å². The molecule has 2 aliphatic rings. The molecule has 3 rings (SSSR count). The second kappa shape index (κ2) is 5.10. The number of carbonyl (C=O) groups excluding carboxylic acids is 1. The van der Waals surface area contributed by atoms with Gasteiger partial charge in [-0.1, -0.05) is 6.42 Å². The van der Waals surface area contributed by atoms with Gasteiger partial charge in [-0.3, -0.25) is 4.79 Å². The van der Waals surface area contributed by atoms with Crippen molar-refractivity contribution < 1.29 is 4.79 Å². The van der Waals surface area contributed by atoms with Crippen LogP contribution in [0, 0.1) is 0 Å². The molecule has 1 amide bonds. The summed E-state index contributed by atoms with van der Waals surface area (Å²) in [7, 11) is 0. The molecule has 0 radical (unpaired) electrons. The number of piperazine rings is 1. The van der Waals surface area contributed by atoms with Crippen molar-refractivity contribution in [2.45, 2.75) is 31.7 Å². The minimum atomic E-state index is 0.218. The van der Waals surface area contributed by atoms with Crippen LogP contribution in [0.2, 0.25) is 0 Å². The maximum absolute atomic E-state index is 12.2. The Balaban J connectivity index is 1.64. The van der Waals surface area contributed by atoms with E-state index < -0.39 is 0 Å². The summed E-state index contributed by atoms with van der Waals surface area (Å²) in [5, 5.41) is 3.26. The van der Waals surface area contributed by atoms with Crippen molar-refractivity contribution in [3.63, 3.8) is 0 Å². The van der Waals surface area contributed by atoms with Crippen LogP contribution in [0.5, 0.6) is 0 Å². The summed E-state index contributed by atoms with van der Waals surface area (Å²) < 4.78 is 2.04. The topological polar surface area (TPSA) is 50.2 Å². The van der Waals surface area contributed by atoms with Gasteiger partial charge in [-0.05, 0) is 12.8 Å². The van der Waals surface area contributed by atoms with Gasteiger partial charge in [0.2, 0.25) is 5.91 Å². The molecule has 0 atom stereocenters. The standard InChI is InChI=1S/C13H20N4O/c18-13(16-6-4-14-5-7-16)9-17-10-15-8-12(17)11-2-1-3-11/h8,10-11,14H,1-7,9H2. The first-order chi connectivity index (χ1) is 8.84. The molecular formula is C13H20N4O. The molecule has 5 nitrogen and oxygen atoms in total. The molecule has 1 aliphatic heterocycles. The number of nitrogens with zero attached hydrogens (tertiary/aromatic N) is 3. The zero-order valence-electron chi connectivity index (χ0n) is 10.6.